The number of benzene rings is 6. The minimum absolute atomic E-state index is 0.0621. The van der Waals surface area contributed by atoms with Crippen molar-refractivity contribution in [1.29, 1.82) is 0 Å². The Labute approximate surface area is 287 Å². The lowest BCUT2D eigenvalue weighted by Gasteiger charge is -2.40. The molecular weight excluding hydrogens is 604 g/mol. The highest BCUT2D eigenvalue weighted by Gasteiger charge is 2.47. The lowest BCUT2D eigenvalue weighted by molar-refractivity contribution is -0.131. The third kappa shape index (κ3) is 6.59. The molecule has 49 heavy (non-hydrogen) atoms. The molecule has 0 saturated carbocycles. The van der Waals surface area contributed by atoms with Crippen LogP contribution in [0, 0.1) is 0 Å². The molecule has 1 N–H and O–H groups in total. The summed E-state index contributed by atoms with van der Waals surface area (Å²) in [6, 6.07) is 57.1. The summed E-state index contributed by atoms with van der Waals surface area (Å²) in [5.74, 6) is -1.44. The zero-order valence-electron chi connectivity index (χ0n) is 27.2. The number of hydrogen-bond acceptors (Lipinski definition) is 4. The van der Waals surface area contributed by atoms with Crippen LogP contribution in [-0.2, 0) is 33.0 Å². The van der Waals surface area contributed by atoms with E-state index in [2.05, 4.69) is 41.7 Å². The topological polar surface area (TPSA) is 58.6 Å². The van der Waals surface area contributed by atoms with Crippen molar-refractivity contribution in [3.05, 3.63) is 209 Å². The van der Waals surface area contributed by atoms with Gasteiger partial charge in [0.25, 0.3) is 0 Å². The predicted molar refractivity (Wildman–Crippen MR) is 194 cm³/mol. The summed E-state index contributed by atoms with van der Waals surface area (Å²) in [5.41, 5.74) is 5.45. The molecule has 6 aromatic rings. The Morgan fingerprint density at radius 1 is 0.612 bits per heavy atom. The Hall–Kier alpha value is -5.62. The number of carbonyl (C=O) groups is 2. The average Bonchev–Trinajstić information content (AvgIpc) is 3.45. The highest BCUT2D eigenvalue weighted by Crippen LogP contribution is 2.41. The average molecular weight is 643 g/mol. The van der Waals surface area contributed by atoms with Crippen LogP contribution in [0.3, 0.4) is 0 Å². The van der Waals surface area contributed by atoms with Crippen LogP contribution in [0.1, 0.15) is 39.3 Å². The molecule has 1 aliphatic rings. The van der Waals surface area contributed by atoms with Crippen LogP contribution in [0.2, 0.25) is 0 Å². The van der Waals surface area contributed by atoms with Gasteiger partial charge in [-0.05, 0) is 39.4 Å². The molecule has 242 valence electrons. The summed E-state index contributed by atoms with van der Waals surface area (Å²) in [6.07, 6.45) is 0. The van der Waals surface area contributed by atoms with E-state index in [1.165, 1.54) is 0 Å². The van der Waals surface area contributed by atoms with Gasteiger partial charge >= 0.3 is 0 Å². The smallest absolute Gasteiger partial charge is 0.242 e. The van der Waals surface area contributed by atoms with Crippen molar-refractivity contribution in [3.63, 3.8) is 0 Å². The molecule has 2 atom stereocenters. The molecule has 1 amide bonds. The van der Waals surface area contributed by atoms with E-state index in [1.807, 2.05) is 140 Å². The summed E-state index contributed by atoms with van der Waals surface area (Å²) in [6.45, 7) is 0.772. The first-order valence-electron chi connectivity index (χ1n) is 16.7. The van der Waals surface area contributed by atoms with E-state index in [0.717, 1.165) is 33.5 Å². The van der Waals surface area contributed by atoms with Gasteiger partial charge in [0.15, 0.2) is 5.78 Å². The summed E-state index contributed by atoms with van der Waals surface area (Å²) < 4.78 is 6.35. The fourth-order valence-corrected chi connectivity index (χ4v) is 6.93. The molecule has 7 rings (SSSR count). The van der Waals surface area contributed by atoms with Crippen LogP contribution >= 0.6 is 0 Å². The molecule has 0 bridgehead atoms. The first-order chi connectivity index (χ1) is 24.1. The summed E-state index contributed by atoms with van der Waals surface area (Å²) >= 11 is 0. The van der Waals surface area contributed by atoms with Gasteiger partial charge in [0.2, 0.25) is 5.91 Å². The maximum absolute atomic E-state index is 15.1. The summed E-state index contributed by atoms with van der Waals surface area (Å²) in [4.78, 5) is 31.3. The van der Waals surface area contributed by atoms with Gasteiger partial charge in [0.1, 0.15) is 5.92 Å². The molecular formula is C44H38N2O3. The van der Waals surface area contributed by atoms with Crippen LogP contribution in [0.4, 0.5) is 5.69 Å². The third-order valence-electron chi connectivity index (χ3n) is 9.27. The molecule has 0 radical (unpaired) electrons. The lowest BCUT2D eigenvalue weighted by atomic mass is 9.76. The van der Waals surface area contributed by atoms with Gasteiger partial charge in [-0.15, -0.1) is 0 Å². The molecule has 6 aromatic carbocycles. The van der Waals surface area contributed by atoms with E-state index < -0.39 is 17.5 Å². The van der Waals surface area contributed by atoms with E-state index >= 15 is 4.79 Å². The van der Waals surface area contributed by atoms with Crippen molar-refractivity contribution in [2.24, 2.45) is 0 Å². The predicted octanol–water partition coefficient (Wildman–Crippen LogP) is 8.05. The number of para-hydroxylation sites is 1. The molecule has 0 saturated heterocycles. The van der Waals surface area contributed by atoms with E-state index in [1.54, 1.807) is 4.90 Å². The van der Waals surface area contributed by atoms with Crippen molar-refractivity contribution in [1.82, 2.24) is 5.32 Å². The molecule has 0 aliphatic carbocycles. The summed E-state index contributed by atoms with van der Waals surface area (Å²) in [7, 11) is 0. The molecule has 0 spiro atoms. The zero-order chi connectivity index (χ0) is 33.5. The normalized spacial score (nSPS) is 14.7. The molecule has 1 heterocycles. The van der Waals surface area contributed by atoms with Crippen LogP contribution in [-0.4, -0.2) is 24.3 Å². The molecule has 5 nitrogen and oxygen atoms in total. The zero-order valence-corrected chi connectivity index (χ0v) is 27.2. The number of anilines is 1. The summed E-state index contributed by atoms with van der Waals surface area (Å²) in [5, 5.41) is 3.85. The van der Waals surface area contributed by atoms with Gasteiger partial charge in [0, 0.05) is 5.69 Å². The fraction of sp³-hybridized carbons (Fsp3) is 0.136. The second-order valence-electron chi connectivity index (χ2n) is 12.3. The first-order valence-corrected chi connectivity index (χ1v) is 16.7. The van der Waals surface area contributed by atoms with Gasteiger partial charge in [-0.2, -0.15) is 0 Å². The largest absolute Gasteiger partial charge is 0.375 e. The molecule has 0 aromatic heterocycles. The minimum Gasteiger partial charge on any atom is -0.375 e. The Morgan fingerprint density at radius 3 is 1.59 bits per heavy atom. The van der Waals surface area contributed by atoms with Gasteiger partial charge in [-0.25, -0.2) is 0 Å². The molecule has 0 fully saturated rings. The number of ketones is 1. The highest BCUT2D eigenvalue weighted by molar-refractivity contribution is 6.19. The fourth-order valence-electron chi connectivity index (χ4n) is 6.93. The molecule has 5 heteroatoms. The van der Waals surface area contributed by atoms with Crippen molar-refractivity contribution >= 4 is 17.4 Å². The van der Waals surface area contributed by atoms with Gasteiger partial charge in [-0.3, -0.25) is 14.9 Å². The first kappa shape index (κ1) is 32.0. The Bertz CT molecular complexity index is 1890. The second kappa shape index (κ2) is 14.7. The van der Waals surface area contributed by atoms with Crippen molar-refractivity contribution < 1.29 is 14.3 Å². The second-order valence-corrected chi connectivity index (χ2v) is 12.3. The Balaban J connectivity index is 1.32. The van der Waals surface area contributed by atoms with Gasteiger partial charge < -0.3 is 9.64 Å². The van der Waals surface area contributed by atoms with Gasteiger partial charge in [-0.1, -0.05) is 170 Å². The van der Waals surface area contributed by atoms with E-state index in [4.69, 9.17) is 4.74 Å². The van der Waals surface area contributed by atoms with Crippen LogP contribution in [0.15, 0.2) is 176 Å². The van der Waals surface area contributed by atoms with Crippen molar-refractivity contribution in [2.45, 2.75) is 30.7 Å². The van der Waals surface area contributed by atoms with E-state index in [9.17, 15) is 4.79 Å². The number of nitrogens with one attached hydrogen (secondary N) is 1. The number of amides is 1. The number of fused-ring (bicyclic) bond motifs is 1. The van der Waals surface area contributed by atoms with Crippen LogP contribution in [0.5, 0.6) is 0 Å². The van der Waals surface area contributed by atoms with Crippen molar-refractivity contribution in [2.75, 3.05) is 11.5 Å². The van der Waals surface area contributed by atoms with Crippen molar-refractivity contribution in [3.8, 4) is 0 Å². The monoisotopic (exact) mass is 642 g/mol. The molecule has 1 aliphatic heterocycles. The number of rotatable bonds is 13. The van der Waals surface area contributed by atoms with E-state index in [-0.39, 0.29) is 18.3 Å². The van der Waals surface area contributed by atoms with Crippen LogP contribution in [0.25, 0.3) is 0 Å². The SMILES string of the molecule is O=C(C1C(=O)N(Cc2ccccc2)c2ccccc21)[C@H](COCc1ccccc1)NC(c1ccccc1)(c1ccccc1)c1ccccc1. The maximum Gasteiger partial charge on any atom is 0.242 e. The van der Waals surface area contributed by atoms with Gasteiger partial charge in [0.05, 0.1) is 31.3 Å². The third-order valence-corrected chi connectivity index (χ3v) is 9.27. The highest BCUT2D eigenvalue weighted by atomic mass is 16.5. The standard InChI is InChI=1S/C44H38N2O3/c47-42(41-38-28-16-17-29-40(38)46(43(41)48)30-33-18-6-1-7-19-33)39(32-49-31-34-20-8-2-9-21-34)45-44(35-22-10-3-11-23-35,36-24-12-4-13-25-36)37-26-14-5-15-27-37/h1-29,39,41,45H,30-32H2/t39-,41?/m0/s1. The Morgan fingerprint density at radius 2 is 1.06 bits per heavy atom. The number of nitrogens with zero attached hydrogens (tertiary/aromatic N) is 1. The van der Waals surface area contributed by atoms with E-state index in [0.29, 0.717) is 18.7 Å². The number of hydrogen-bond donors (Lipinski definition) is 1. The number of ether oxygens (including phenoxy) is 1. The molecule has 1 unspecified atom stereocenters. The lowest BCUT2D eigenvalue weighted by Crippen LogP contribution is -2.55. The Kier molecular flexibility index (Phi) is 9.55. The number of carbonyl (C=O) groups excluding carboxylic acids is 2. The minimum atomic E-state index is -0.988. The maximum atomic E-state index is 15.1. The quantitative estimate of drug-likeness (QED) is 0.102. The number of Topliss-reactive ketones (excluding diaryl/α,β-unsaturated/α-hetero) is 1. The van der Waals surface area contributed by atoms with Crippen LogP contribution < -0.4 is 10.2 Å².